The van der Waals surface area contributed by atoms with Crippen LogP contribution in [-0.2, 0) is 14.3 Å². The predicted octanol–water partition coefficient (Wildman–Crippen LogP) is 3.05. The van der Waals surface area contributed by atoms with E-state index in [2.05, 4.69) is 12.2 Å². The van der Waals surface area contributed by atoms with Crippen LogP contribution in [0.25, 0.3) is 0 Å². The lowest BCUT2D eigenvalue weighted by Crippen LogP contribution is -2.39. The summed E-state index contributed by atoms with van der Waals surface area (Å²) in [6.07, 6.45) is 9.69. The zero-order valence-corrected chi connectivity index (χ0v) is 13.2. The van der Waals surface area contributed by atoms with Gasteiger partial charge in [0, 0.05) is 6.61 Å². The molecule has 0 amide bonds. The molecule has 0 aromatic rings. The number of hydrogen-bond acceptors (Lipinski definition) is 4. The van der Waals surface area contributed by atoms with Crippen LogP contribution in [0.3, 0.4) is 0 Å². The second-order valence-electron chi connectivity index (χ2n) is 5.53. The highest BCUT2D eigenvalue weighted by atomic mass is 16.5. The van der Waals surface area contributed by atoms with E-state index in [1.165, 1.54) is 38.5 Å². The molecule has 1 saturated carbocycles. The molecule has 1 aliphatic carbocycles. The Morgan fingerprint density at radius 1 is 1.20 bits per heavy atom. The summed E-state index contributed by atoms with van der Waals surface area (Å²) < 4.78 is 11.1. The van der Waals surface area contributed by atoms with E-state index in [9.17, 15) is 4.79 Å². The molecule has 0 radical (unpaired) electrons. The van der Waals surface area contributed by atoms with Crippen molar-refractivity contribution in [1.29, 1.82) is 0 Å². The van der Waals surface area contributed by atoms with E-state index in [1.54, 1.807) is 0 Å². The lowest BCUT2D eigenvalue weighted by atomic mass is 10.1. The van der Waals surface area contributed by atoms with Gasteiger partial charge in [-0.25, -0.2) is 0 Å². The Morgan fingerprint density at radius 3 is 2.50 bits per heavy atom. The van der Waals surface area contributed by atoms with Gasteiger partial charge in [-0.05, 0) is 39.2 Å². The van der Waals surface area contributed by atoms with Gasteiger partial charge in [0.15, 0.2) is 0 Å². The van der Waals surface area contributed by atoms with Crippen LogP contribution in [0.4, 0.5) is 0 Å². The quantitative estimate of drug-likeness (QED) is 0.522. The van der Waals surface area contributed by atoms with Gasteiger partial charge in [-0.3, -0.25) is 4.79 Å². The van der Waals surface area contributed by atoms with Crippen molar-refractivity contribution in [3.8, 4) is 0 Å². The summed E-state index contributed by atoms with van der Waals surface area (Å²) in [6, 6.07) is -0.222. The van der Waals surface area contributed by atoms with Gasteiger partial charge < -0.3 is 14.8 Å². The molecule has 0 saturated heterocycles. The first-order valence-corrected chi connectivity index (χ1v) is 8.29. The largest absolute Gasteiger partial charge is 0.465 e. The van der Waals surface area contributed by atoms with Crippen LogP contribution in [0.5, 0.6) is 0 Å². The first kappa shape index (κ1) is 17.4. The molecule has 118 valence electrons. The van der Waals surface area contributed by atoms with E-state index in [1.807, 2.05) is 6.92 Å². The minimum atomic E-state index is -0.222. The lowest BCUT2D eigenvalue weighted by Gasteiger charge is -2.19. The van der Waals surface area contributed by atoms with Crippen molar-refractivity contribution in [2.24, 2.45) is 0 Å². The highest BCUT2D eigenvalue weighted by molar-refractivity contribution is 5.75. The molecule has 0 bridgehead atoms. The van der Waals surface area contributed by atoms with Crippen LogP contribution in [0.1, 0.15) is 65.2 Å². The van der Waals surface area contributed by atoms with Gasteiger partial charge in [0.25, 0.3) is 0 Å². The Labute approximate surface area is 123 Å². The molecule has 0 aliphatic heterocycles. The van der Waals surface area contributed by atoms with Crippen LogP contribution in [0.2, 0.25) is 0 Å². The third kappa shape index (κ3) is 7.25. The van der Waals surface area contributed by atoms with Crippen molar-refractivity contribution in [3.05, 3.63) is 0 Å². The van der Waals surface area contributed by atoms with Crippen molar-refractivity contribution < 1.29 is 14.3 Å². The van der Waals surface area contributed by atoms with Crippen LogP contribution < -0.4 is 5.32 Å². The molecule has 4 nitrogen and oxygen atoms in total. The fourth-order valence-corrected chi connectivity index (χ4v) is 2.63. The van der Waals surface area contributed by atoms with Crippen LogP contribution in [0, 0.1) is 0 Å². The van der Waals surface area contributed by atoms with E-state index in [4.69, 9.17) is 9.47 Å². The Morgan fingerprint density at radius 2 is 1.90 bits per heavy atom. The summed E-state index contributed by atoms with van der Waals surface area (Å²) in [4.78, 5) is 11.8. The van der Waals surface area contributed by atoms with E-state index < -0.39 is 0 Å². The minimum absolute atomic E-state index is 0.148. The minimum Gasteiger partial charge on any atom is -0.465 e. The van der Waals surface area contributed by atoms with E-state index in [0.29, 0.717) is 25.7 Å². The average Bonchev–Trinajstić information content (AvgIpc) is 2.71. The summed E-state index contributed by atoms with van der Waals surface area (Å²) in [5.74, 6) is -0.148. The molecular weight excluding hydrogens is 254 g/mol. The topological polar surface area (TPSA) is 47.6 Å². The normalized spacial score (nSPS) is 18.5. The smallest absolute Gasteiger partial charge is 0.323 e. The monoisotopic (exact) mass is 285 g/mol. The maximum Gasteiger partial charge on any atom is 0.323 e. The molecule has 0 aromatic heterocycles. The fraction of sp³-hybridized carbons (Fsp3) is 0.938. The SMILES string of the molecule is CCCNC(CCOC1CCCCCC1)C(=O)OCC. The fourth-order valence-electron chi connectivity index (χ4n) is 2.63. The average molecular weight is 285 g/mol. The molecule has 1 fully saturated rings. The molecule has 20 heavy (non-hydrogen) atoms. The Kier molecular flexibility index (Phi) is 9.67. The highest BCUT2D eigenvalue weighted by Gasteiger charge is 2.20. The summed E-state index contributed by atoms with van der Waals surface area (Å²) in [5.41, 5.74) is 0. The number of rotatable bonds is 9. The van der Waals surface area contributed by atoms with Gasteiger partial charge in [0.1, 0.15) is 6.04 Å². The zero-order valence-electron chi connectivity index (χ0n) is 13.2. The van der Waals surface area contributed by atoms with Crippen LogP contribution >= 0.6 is 0 Å². The second kappa shape index (κ2) is 11.1. The van der Waals surface area contributed by atoms with E-state index >= 15 is 0 Å². The highest BCUT2D eigenvalue weighted by Crippen LogP contribution is 2.20. The number of nitrogens with one attached hydrogen (secondary N) is 1. The number of esters is 1. The Hall–Kier alpha value is -0.610. The molecular formula is C16H31NO3. The first-order chi connectivity index (χ1) is 9.77. The molecule has 0 heterocycles. The van der Waals surface area contributed by atoms with Crippen molar-refractivity contribution in [3.63, 3.8) is 0 Å². The Balaban J connectivity index is 2.27. The number of ether oxygens (including phenoxy) is 2. The van der Waals surface area contributed by atoms with Crippen molar-refractivity contribution in [2.45, 2.75) is 77.4 Å². The third-order valence-corrected chi connectivity index (χ3v) is 3.77. The van der Waals surface area contributed by atoms with Crippen molar-refractivity contribution in [1.82, 2.24) is 5.32 Å². The molecule has 0 spiro atoms. The number of carbonyl (C=O) groups is 1. The maximum atomic E-state index is 11.8. The zero-order chi connectivity index (χ0) is 14.6. The van der Waals surface area contributed by atoms with Crippen LogP contribution in [0.15, 0.2) is 0 Å². The second-order valence-corrected chi connectivity index (χ2v) is 5.53. The molecule has 1 N–H and O–H groups in total. The van der Waals surface area contributed by atoms with Crippen LogP contribution in [-0.4, -0.2) is 37.9 Å². The van der Waals surface area contributed by atoms with E-state index in [-0.39, 0.29) is 12.0 Å². The number of carbonyl (C=O) groups excluding carboxylic acids is 1. The molecule has 1 aliphatic rings. The maximum absolute atomic E-state index is 11.8. The summed E-state index contributed by atoms with van der Waals surface area (Å²) >= 11 is 0. The van der Waals surface area contributed by atoms with E-state index in [0.717, 1.165) is 13.0 Å². The summed E-state index contributed by atoms with van der Waals surface area (Å²) in [5, 5.41) is 3.25. The predicted molar refractivity (Wildman–Crippen MR) is 80.8 cm³/mol. The van der Waals surface area contributed by atoms with Gasteiger partial charge in [-0.2, -0.15) is 0 Å². The van der Waals surface area contributed by atoms with Crippen molar-refractivity contribution >= 4 is 5.97 Å². The summed E-state index contributed by atoms with van der Waals surface area (Å²) in [6.45, 7) is 5.86. The first-order valence-electron chi connectivity index (χ1n) is 8.29. The van der Waals surface area contributed by atoms with Gasteiger partial charge in [-0.15, -0.1) is 0 Å². The standard InChI is InChI=1S/C16H31NO3/c1-3-12-17-15(16(18)19-4-2)11-13-20-14-9-7-5-6-8-10-14/h14-15,17H,3-13H2,1-2H3. The number of hydrogen-bond donors (Lipinski definition) is 1. The third-order valence-electron chi connectivity index (χ3n) is 3.77. The van der Waals surface area contributed by atoms with Gasteiger partial charge in [-0.1, -0.05) is 32.6 Å². The van der Waals surface area contributed by atoms with Gasteiger partial charge in [0.05, 0.1) is 12.7 Å². The van der Waals surface area contributed by atoms with Crippen molar-refractivity contribution in [2.75, 3.05) is 19.8 Å². The lowest BCUT2D eigenvalue weighted by molar-refractivity contribution is -0.146. The molecule has 4 heteroatoms. The Bertz CT molecular complexity index is 250. The van der Waals surface area contributed by atoms with Gasteiger partial charge in [0.2, 0.25) is 0 Å². The molecule has 1 rings (SSSR count). The molecule has 1 atom stereocenters. The molecule has 1 unspecified atom stereocenters. The summed E-state index contributed by atoms with van der Waals surface area (Å²) in [7, 11) is 0. The van der Waals surface area contributed by atoms with Gasteiger partial charge >= 0.3 is 5.97 Å². The molecule has 0 aromatic carbocycles.